The molecule has 0 bridgehead atoms. The first-order valence-corrected chi connectivity index (χ1v) is 8.58. The summed E-state index contributed by atoms with van der Waals surface area (Å²) in [5.41, 5.74) is -0.667. The van der Waals surface area contributed by atoms with Crippen molar-refractivity contribution in [2.45, 2.75) is 31.5 Å². The van der Waals surface area contributed by atoms with Crippen LogP contribution >= 0.6 is 0 Å². The lowest BCUT2D eigenvalue weighted by Gasteiger charge is -2.48. The van der Waals surface area contributed by atoms with E-state index in [4.69, 9.17) is 5.11 Å². The molecule has 1 amide bonds. The van der Waals surface area contributed by atoms with E-state index in [1.807, 2.05) is 0 Å². The molecule has 140 valence electrons. The van der Waals surface area contributed by atoms with Gasteiger partial charge in [-0.2, -0.15) is 0 Å². The summed E-state index contributed by atoms with van der Waals surface area (Å²) in [5.74, 6) is -1.94. The van der Waals surface area contributed by atoms with E-state index in [2.05, 4.69) is 0 Å². The van der Waals surface area contributed by atoms with Crippen LogP contribution in [0.2, 0.25) is 0 Å². The topological polar surface area (TPSA) is 77.8 Å². The molecule has 5 nitrogen and oxygen atoms in total. The van der Waals surface area contributed by atoms with Crippen LogP contribution in [0.4, 0.5) is 4.39 Å². The van der Waals surface area contributed by atoms with Gasteiger partial charge < -0.3 is 15.1 Å². The zero-order valence-corrected chi connectivity index (χ0v) is 15.0. The van der Waals surface area contributed by atoms with Gasteiger partial charge in [0.05, 0.1) is 6.04 Å². The fourth-order valence-electron chi connectivity index (χ4n) is 3.62. The molecule has 0 aliphatic carbocycles. The minimum absolute atomic E-state index is 0.299. The smallest absolute Gasteiger partial charge is 0.328 e. The highest BCUT2D eigenvalue weighted by molar-refractivity contribution is 5.98. The number of aliphatic hydroxyl groups is 1. The Labute approximate surface area is 156 Å². The number of nitrogens with zero attached hydrogens (tertiary/aromatic N) is 1. The molecule has 2 aromatic carbocycles. The number of carbonyl (C=O) groups excluding carboxylic acids is 1. The molecule has 0 fully saturated rings. The lowest BCUT2D eigenvalue weighted by molar-refractivity contribution is -0.131. The summed E-state index contributed by atoms with van der Waals surface area (Å²) < 4.78 is 13.5. The van der Waals surface area contributed by atoms with E-state index in [1.165, 1.54) is 35.2 Å². The molecule has 1 heterocycles. The highest BCUT2D eigenvalue weighted by Gasteiger charge is 2.50. The fourth-order valence-corrected chi connectivity index (χ4v) is 3.62. The zero-order chi connectivity index (χ0) is 19.8. The van der Waals surface area contributed by atoms with Crippen LogP contribution in [-0.4, -0.2) is 39.1 Å². The minimum atomic E-state index is -1.73. The summed E-state index contributed by atoms with van der Waals surface area (Å²) >= 11 is 0. The minimum Gasteiger partial charge on any atom is -0.478 e. The predicted molar refractivity (Wildman–Crippen MR) is 97.7 cm³/mol. The van der Waals surface area contributed by atoms with Gasteiger partial charge in [0.25, 0.3) is 5.91 Å². The van der Waals surface area contributed by atoms with Gasteiger partial charge in [-0.15, -0.1) is 0 Å². The van der Waals surface area contributed by atoms with E-state index in [9.17, 15) is 19.1 Å². The molecule has 27 heavy (non-hydrogen) atoms. The third-order valence-corrected chi connectivity index (χ3v) is 4.79. The normalized spacial score (nSPS) is 22.3. The van der Waals surface area contributed by atoms with Crippen molar-refractivity contribution in [3.63, 3.8) is 0 Å². The largest absolute Gasteiger partial charge is 0.478 e. The molecular weight excluding hydrogens is 349 g/mol. The van der Waals surface area contributed by atoms with Gasteiger partial charge in [0, 0.05) is 23.2 Å². The number of carboxylic acid groups (broad SMARTS) is 1. The molecule has 1 aliphatic heterocycles. The molecule has 2 atom stereocenters. The van der Waals surface area contributed by atoms with Gasteiger partial charge in [0.15, 0.2) is 0 Å². The van der Waals surface area contributed by atoms with Crippen molar-refractivity contribution in [3.05, 3.63) is 83.2 Å². The predicted octanol–water partition coefficient (Wildman–Crippen LogP) is 2.94. The van der Waals surface area contributed by atoms with Gasteiger partial charge in [-0.05, 0) is 37.6 Å². The van der Waals surface area contributed by atoms with Crippen molar-refractivity contribution < 1.29 is 24.2 Å². The molecular formula is C21H20FNO4. The van der Waals surface area contributed by atoms with Crippen LogP contribution < -0.4 is 0 Å². The van der Waals surface area contributed by atoms with Crippen LogP contribution in [0.25, 0.3) is 0 Å². The van der Waals surface area contributed by atoms with Gasteiger partial charge in [-0.3, -0.25) is 4.79 Å². The zero-order valence-electron chi connectivity index (χ0n) is 15.0. The quantitative estimate of drug-likeness (QED) is 0.813. The summed E-state index contributed by atoms with van der Waals surface area (Å²) in [7, 11) is 0. The number of carboxylic acids is 1. The maximum absolute atomic E-state index is 13.5. The highest BCUT2D eigenvalue weighted by atomic mass is 19.1. The SMILES string of the molecule is CC(C)N1C(=O)c2ccccc2C(O)(c2ccc(F)cc2)C1C=CC(=O)O. The molecule has 3 rings (SSSR count). The average Bonchev–Trinajstić information content (AvgIpc) is 2.63. The lowest BCUT2D eigenvalue weighted by Crippen LogP contribution is -2.59. The fraction of sp³-hybridized carbons (Fsp3) is 0.238. The third kappa shape index (κ3) is 3.13. The van der Waals surface area contributed by atoms with E-state index in [1.54, 1.807) is 38.1 Å². The number of aliphatic carboxylic acids is 1. The Bertz CT molecular complexity index is 907. The Hall–Kier alpha value is -2.99. The Morgan fingerprint density at radius 3 is 2.41 bits per heavy atom. The summed E-state index contributed by atoms with van der Waals surface area (Å²) in [5, 5.41) is 20.9. The second-order valence-electron chi connectivity index (χ2n) is 6.77. The number of benzene rings is 2. The van der Waals surface area contributed by atoms with Crippen LogP contribution in [-0.2, 0) is 10.4 Å². The first kappa shape index (κ1) is 18.8. The summed E-state index contributed by atoms with van der Waals surface area (Å²) in [4.78, 5) is 25.6. The standard InChI is InChI=1S/C21H20FNO4/c1-13(2)23-18(11-12-19(24)25)21(27,14-7-9-15(22)10-8-14)17-6-4-3-5-16(17)20(23)26/h3-13,18,27H,1-2H3,(H,24,25). The molecule has 0 saturated heterocycles. The molecule has 2 unspecified atom stereocenters. The van der Waals surface area contributed by atoms with Gasteiger partial charge in [0.2, 0.25) is 0 Å². The Balaban J connectivity index is 2.32. The molecule has 2 N–H and O–H groups in total. The summed E-state index contributed by atoms with van der Waals surface area (Å²) in [6.07, 6.45) is 2.22. The van der Waals surface area contributed by atoms with E-state index in [0.29, 0.717) is 16.7 Å². The number of rotatable bonds is 4. The molecule has 0 aromatic heterocycles. The van der Waals surface area contributed by atoms with Crippen LogP contribution in [0.1, 0.15) is 35.3 Å². The summed E-state index contributed by atoms with van der Waals surface area (Å²) in [6.45, 7) is 3.58. The van der Waals surface area contributed by atoms with Crippen LogP contribution in [0, 0.1) is 5.82 Å². The highest BCUT2D eigenvalue weighted by Crippen LogP contribution is 2.43. The Morgan fingerprint density at radius 1 is 1.19 bits per heavy atom. The van der Waals surface area contributed by atoms with Gasteiger partial charge >= 0.3 is 5.97 Å². The number of hydrogen-bond donors (Lipinski definition) is 2. The second-order valence-corrected chi connectivity index (χ2v) is 6.77. The van der Waals surface area contributed by atoms with Crippen molar-refractivity contribution in [1.29, 1.82) is 0 Å². The average molecular weight is 369 g/mol. The van der Waals surface area contributed by atoms with E-state index >= 15 is 0 Å². The van der Waals surface area contributed by atoms with Crippen molar-refractivity contribution in [1.82, 2.24) is 4.90 Å². The van der Waals surface area contributed by atoms with Crippen molar-refractivity contribution >= 4 is 11.9 Å². The maximum atomic E-state index is 13.5. The molecule has 6 heteroatoms. The Morgan fingerprint density at radius 2 is 1.81 bits per heavy atom. The van der Waals surface area contributed by atoms with Crippen LogP contribution in [0.15, 0.2) is 60.7 Å². The van der Waals surface area contributed by atoms with Gasteiger partial charge in [-0.25, -0.2) is 9.18 Å². The van der Waals surface area contributed by atoms with Crippen molar-refractivity contribution in [2.75, 3.05) is 0 Å². The van der Waals surface area contributed by atoms with Gasteiger partial charge in [-0.1, -0.05) is 36.4 Å². The molecule has 0 radical (unpaired) electrons. The second kappa shape index (κ2) is 6.96. The first-order chi connectivity index (χ1) is 12.8. The van der Waals surface area contributed by atoms with Crippen molar-refractivity contribution in [3.8, 4) is 0 Å². The number of amides is 1. The molecule has 0 spiro atoms. The van der Waals surface area contributed by atoms with Crippen LogP contribution in [0.5, 0.6) is 0 Å². The first-order valence-electron chi connectivity index (χ1n) is 8.58. The summed E-state index contributed by atoms with van der Waals surface area (Å²) in [6, 6.07) is 10.7. The van der Waals surface area contributed by atoms with E-state index < -0.39 is 23.4 Å². The van der Waals surface area contributed by atoms with Gasteiger partial charge in [0.1, 0.15) is 11.4 Å². The maximum Gasteiger partial charge on any atom is 0.328 e. The number of hydrogen-bond acceptors (Lipinski definition) is 3. The molecule has 0 saturated carbocycles. The van der Waals surface area contributed by atoms with E-state index in [0.717, 1.165) is 6.08 Å². The molecule has 1 aliphatic rings. The third-order valence-electron chi connectivity index (χ3n) is 4.79. The van der Waals surface area contributed by atoms with E-state index in [-0.39, 0.29) is 11.9 Å². The number of fused-ring (bicyclic) bond motifs is 1. The monoisotopic (exact) mass is 369 g/mol. The van der Waals surface area contributed by atoms with Crippen molar-refractivity contribution in [2.24, 2.45) is 0 Å². The molecule has 2 aromatic rings. The lowest BCUT2D eigenvalue weighted by atomic mass is 9.73. The Kier molecular flexibility index (Phi) is 4.85. The number of halogens is 1. The van der Waals surface area contributed by atoms with Crippen LogP contribution in [0.3, 0.4) is 0 Å². The number of carbonyl (C=O) groups is 2.